The average molecular weight is 297 g/mol. The number of hydrogen-bond donors (Lipinski definition) is 1. The molecular formula is C17H29ClN2. The van der Waals surface area contributed by atoms with E-state index in [2.05, 4.69) is 70.1 Å². The Bertz CT molecular complexity index is 429. The Morgan fingerprint density at radius 1 is 1.30 bits per heavy atom. The molecule has 0 fully saturated rings. The monoisotopic (exact) mass is 296 g/mol. The van der Waals surface area contributed by atoms with Crippen LogP contribution >= 0.6 is 11.6 Å². The summed E-state index contributed by atoms with van der Waals surface area (Å²) in [6.45, 7) is 12.1. The first kappa shape index (κ1) is 17.3. The van der Waals surface area contributed by atoms with E-state index in [1.807, 2.05) is 0 Å². The Labute approximate surface area is 129 Å². The van der Waals surface area contributed by atoms with Crippen LogP contribution in [0.3, 0.4) is 0 Å². The van der Waals surface area contributed by atoms with Gasteiger partial charge in [-0.2, -0.15) is 0 Å². The standard InChI is InChI=1S/C17H29ClN2/c1-7-11-19-13(3)14-9-10-16(15(18)12-14)20(6)17(4,5)8-2/h9-10,12-13,19H,7-8,11H2,1-6H3. The molecule has 0 aromatic heterocycles. The molecule has 0 amide bonds. The van der Waals surface area contributed by atoms with Gasteiger partial charge in [-0.3, -0.25) is 0 Å². The van der Waals surface area contributed by atoms with Crippen molar-refractivity contribution in [2.75, 3.05) is 18.5 Å². The summed E-state index contributed by atoms with van der Waals surface area (Å²) in [5.74, 6) is 0. The van der Waals surface area contributed by atoms with Crippen molar-refractivity contribution >= 4 is 17.3 Å². The Morgan fingerprint density at radius 2 is 1.95 bits per heavy atom. The minimum atomic E-state index is 0.108. The van der Waals surface area contributed by atoms with Gasteiger partial charge < -0.3 is 10.2 Å². The molecule has 1 unspecified atom stereocenters. The van der Waals surface area contributed by atoms with E-state index in [-0.39, 0.29) is 5.54 Å². The summed E-state index contributed by atoms with van der Waals surface area (Å²) in [6, 6.07) is 6.74. The van der Waals surface area contributed by atoms with Crippen LogP contribution in [-0.4, -0.2) is 19.1 Å². The number of nitrogens with zero attached hydrogens (tertiary/aromatic N) is 1. The van der Waals surface area contributed by atoms with E-state index >= 15 is 0 Å². The zero-order chi connectivity index (χ0) is 15.3. The fourth-order valence-electron chi connectivity index (χ4n) is 2.11. The lowest BCUT2D eigenvalue weighted by molar-refractivity contribution is 0.470. The van der Waals surface area contributed by atoms with Gasteiger partial charge in [0.1, 0.15) is 0 Å². The first-order chi connectivity index (χ1) is 9.33. The van der Waals surface area contributed by atoms with Crippen molar-refractivity contribution in [3.63, 3.8) is 0 Å². The Morgan fingerprint density at radius 3 is 2.45 bits per heavy atom. The van der Waals surface area contributed by atoms with Crippen LogP contribution in [0, 0.1) is 0 Å². The zero-order valence-electron chi connectivity index (χ0n) is 13.8. The number of nitrogens with one attached hydrogen (secondary N) is 1. The van der Waals surface area contributed by atoms with Gasteiger partial charge in [0.15, 0.2) is 0 Å². The van der Waals surface area contributed by atoms with E-state index in [1.165, 1.54) is 5.56 Å². The summed E-state index contributed by atoms with van der Waals surface area (Å²) in [4.78, 5) is 2.27. The van der Waals surface area contributed by atoms with Gasteiger partial charge in [-0.15, -0.1) is 0 Å². The predicted octanol–water partition coefficient (Wildman–Crippen LogP) is 5.03. The number of hydrogen-bond acceptors (Lipinski definition) is 2. The minimum Gasteiger partial charge on any atom is -0.368 e. The summed E-state index contributed by atoms with van der Waals surface area (Å²) in [5, 5.41) is 4.32. The van der Waals surface area contributed by atoms with Crippen molar-refractivity contribution in [3.8, 4) is 0 Å². The van der Waals surface area contributed by atoms with Crippen LogP contribution in [0.1, 0.15) is 59.1 Å². The van der Waals surface area contributed by atoms with Crippen molar-refractivity contribution in [3.05, 3.63) is 28.8 Å². The Hall–Kier alpha value is -0.730. The summed E-state index contributed by atoms with van der Waals surface area (Å²) in [7, 11) is 2.11. The predicted molar refractivity (Wildman–Crippen MR) is 90.9 cm³/mol. The SMILES string of the molecule is CCCNC(C)c1ccc(N(C)C(C)(C)CC)c(Cl)c1. The molecule has 0 radical (unpaired) electrons. The van der Waals surface area contributed by atoms with Gasteiger partial charge in [0, 0.05) is 18.6 Å². The summed E-state index contributed by atoms with van der Waals surface area (Å²) < 4.78 is 0. The molecule has 1 rings (SSSR count). The van der Waals surface area contributed by atoms with Crippen LogP contribution < -0.4 is 10.2 Å². The molecule has 0 saturated heterocycles. The van der Waals surface area contributed by atoms with E-state index < -0.39 is 0 Å². The van der Waals surface area contributed by atoms with Crippen LogP contribution in [0.5, 0.6) is 0 Å². The van der Waals surface area contributed by atoms with Gasteiger partial charge in [-0.1, -0.05) is 31.5 Å². The fraction of sp³-hybridized carbons (Fsp3) is 0.647. The van der Waals surface area contributed by atoms with Gasteiger partial charge in [-0.25, -0.2) is 0 Å². The maximum Gasteiger partial charge on any atom is 0.0642 e. The van der Waals surface area contributed by atoms with Gasteiger partial charge in [-0.05, 0) is 57.9 Å². The molecule has 1 N–H and O–H groups in total. The van der Waals surface area contributed by atoms with Crippen LogP contribution in [0.25, 0.3) is 0 Å². The van der Waals surface area contributed by atoms with Crippen molar-refractivity contribution in [1.82, 2.24) is 5.32 Å². The quantitative estimate of drug-likeness (QED) is 0.759. The van der Waals surface area contributed by atoms with Crippen LogP contribution in [0.15, 0.2) is 18.2 Å². The summed E-state index contributed by atoms with van der Waals surface area (Å²) in [5.41, 5.74) is 2.46. The maximum absolute atomic E-state index is 6.50. The third-order valence-corrected chi connectivity index (χ3v) is 4.61. The molecule has 3 heteroatoms. The molecule has 0 spiro atoms. The molecular weight excluding hydrogens is 268 g/mol. The third kappa shape index (κ3) is 4.13. The number of benzene rings is 1. The average Bonchev–Trinajstić information content (AvgIpc) is 2.43. The van der Waals surface area contributed by atoms with Crippen molar-refractivity contribution < 1.29 is 0 Å². The van der Waals surface area contributed by atoms with Gasteiger partial charge >= 0.3 is 0 Å². The molecule has 0 heterocycles. The molecule has 0 saturated carbocycles. The zero-order valence-corrected chi connectivity index (χ0v) is 14.5. The van der Waals surface area contributed by atoms with Crippen molar-refractivity contribution in [1.29, 1.82) is 0 Å². The number of rotatable bonds is 7. The van der Waals surface area contributed by atoms with Gasteiger partial charge in [0.05, 0.1) is 10.7 Å². The molecule has 1 atom stereocenters. The normalized spacial score (nSPS) is 13.3. The fourth-order valence-corrected chi connectivity index (χ4v) is 2.42. The van der Waals surface area contributed by atoms with Gasteiger partial charge in [0.25, 0.3) is 0 Å². The largest absolute Gasteiger partial charge is 0.368 e. The maximum atomic E-state index is 6.50. The molecule has 0 bridgehead atoms. The van der Waals surface area contributed by atoms with E-state index in [9.17, 15) is 0 Å². The molecule has 1 aromatic rings. The molecule has 20 heavy (non-hydrogen) atoms. The van der Waals surface area contributed by atoms with E-state index in [1.54, 1.807) is 0 Å². The van der Waals surface area contributed by atoms with Crippen LogP contribution in [0.2, 0.25) is 5.02 Å². The Balaban J connectivity index is 2.93. The van der Waals surface area contributed by atoms with Crippen molar-refractivity contribution in [2.45, 2.75) is 59.0 Å². The molecule has 1 aromatic carbocycles. The lowest BCUT2D eigenvalue weighted by atomic mass is 9.98. The molecule has 114 valence electrons. The van der Waals surface area contributed by atoms with Gasteiger partial charge in [0.2, 0.25) is 0 Å². The van der Waals surface area contributed by atoms with Crippen LogP contribution in [0.4, 0.5) is 5.69 Å². The molecule has 0 aliphatic carbocycles. The van der Waals surface area contributed by atoms with E-state index in [0.29, 0.717) is 6.04 Å². The Kier molecular flexibility index (Phi) is 6.35. The molecule has 2 nitrogen and oxygen atoms in total. The highest BCUT2D eigenvalue weighted by molar-refractivity contribution is 6.33. The van der Waals surface area contributed by atoms with E-state index in [0.717, 1.165) is 30.1 Å². The van der Waals surface area contributed by atoms with Crippen molar-refractivity contribution in [2.24, 2.45) is 0 Å². The minimum absolute atomic E-state index is 0.108. The second kappa shape index (κ2) is 7.33. The first-order valence-electron chi connectivity index (χ1n) is 7.60. The van der Waals surface area contributed by atoms with Crippen LogP contribution in [-0.2, 0) is 0 Å². The number of halogens is 1. The second-order valence-corrected chi connectivity index (χ2v) is 6.52. The second-order valence-electron chi connectivity index (χ2n) is 6.11. The molecule has 0 aliphatic rings. The first-order valence-corrected chi connectivity index (χ1v) is 7.98. The lowest BCUT2D eigenvalue weighted by Crippen LogP contribution is -2.40. The highest BCUT2D eigenvalue weighted by Gasteiger charge is 2.23. The smallest absolute Gasteiger partial charge is 0.0642 e. The number of anilines is 1. The highest BCUT2D eigenvalue weighted by atomic mass is 35.5. The highest BCUT2D eigenvalue weighted by Crippen LogP contribution is 2.33. The topological polar surface area (TPSA) is 15.3 Å². The molecule has 0 aliphatic heterocycles. The van der Waals surface area contributed by atoms with E-state index in [4.69, 9.17) is 11.6 Å². The third-order valence-electron chi connectivity index (χ3n) is 4.31. The lowest BCUT2D eigenvalue weighted by Gasteiger charge is -2.37. The summed E-state index contributed by atoms with van der Waals surface area (Å²) >= 11 is 6.50. The summed E-state index contributed by atoms with van der Waals surface area (Å²) in [6.07, 6.45) is 2.22.